The van der Waals surface area contributed by atoms with Crippen LogP contribution in [0, 0.1) is 0 Å². The number of carbonyl (C=O) groups is 2. The Bertz CT molecular complexity index is 642. The number of nitrogens with one attached hydrogen (secondary N) is 1. The third kappa shape index (κ3) is 3.33. The number of aliphatic carboxylic acids is 1. The number of nitrogens with zero attached hydrogens (tertiary/aromatic N) is 2. The molecular formula is C12H12ClN3O4. The van der Waals surface area contributed by atoms with Crippen molar-refractivity contribution in [3.05, 3.63) is 30.1 Å². The van der Waals surface area contributed by atoms with Gasteiger partial charge in [0.15, 0.2) is 0 Å². The lowest BCUT2D eigenvalue weighted by Crippen LogP contribution is -2.10. The molecule has 0 spiro atoms. The lowest BCUT2D eigenvalue weighted by Gasteiger charge is -2.09. The number of aromatic carboxylic acids is 1. The molecule has 0 aliphatic carbocycles. The van der Waals surface area contributed by atoms with E-state index in [4.69, 9.17) is 10.2 Å². The highest BCUT2D eigenvalue weighted by molar-refractivity contribution is 6.06. The van der Waals surface area contributed by atoms with Crippen molar-refractivity contribution in [3.8, 4) is 0 Å². The van der Waals surface area contributed by atoms with Crippen molar-refractivity contribution in [1.82, 2.24) is 9.97 Å². The standard InChI is InChI=1S/C12H11N3O4.ClH/c16-9(17)4-5-13-11-10-7(12(18)19)2-1-3-8(10)14-6-15-11;/h1-3,6H,4-5H2,(H,16,17)(H,18,19)(H,13,14,15);1H. The van der Waals surface area contributed by atoms with Gasteiger partial charge in [-0.25, -0.2) is 14.8 Å². The molecule has 0 saturated heterocycles. The van der Waals surface area contributed by atoms with Crippen LogP contribution < -0.4 is 5.32 Å². The maximum absolute atomic E-state index is 11.2. The van der Waals surface area contributed by atoms with Crippen LogP contribution in [-0.4, -0.2) is 38.7 Å². The molecule has 20 heavy (non-hydrogen) atoms. The minimum Gasteiger partial charge on any atom is -0.481 e. The van der Waals surface area contributed by atoms with Crippen LogP contribution in [0.25, 0.3) is 10.9 Å². The molecule has 0 aliphatic rings. The van der Waals surface area contributed by atoms with Gasteiger partial charge in [0.25, 0.3) is 0 Å². The average molecular weight is 298 g/mol. The maximum Gasteiger partial charge on any atom is 0.336 e. The molecule has 2 aromatic rings. The normalized spacial score (nSPS) is 9.80. The second-order valence-corrected chi connectivity index (χ2v) is 3.80. The summed E-state index contributed by atoms with van der Waals surface area (Å²) in [5, 5.41) is 20.9. The van der Waals surface area contributed by atoms with Gasteiger partial charge in [0.1, 0.15) is 12.1 Å². The van der Waals surface area contributed by atoms with E-state index in [0.29, 0.717) is 16.7 Å². The summed E-state index contributed by atoms with van der Waals surface area (Å²) in [5.41, 5.74) is 0.573. The Labute approximate surface area is 120 Å². The van der Waals surface area contributed by atoms with E-state index in [0.717, 1.165) is 0 Å². The number of hydrogen-bond donors (Lipinski definition) is 3. The van der Waals surface area contributed by atoms with E-state index >= 15 is 0 Å². The Morgan fingerprint density at radius 2 is 1.95 bits per heavy atom. The van der Waals surface area contributed by atoms with Gasteiger partial charge in [-0.05, 0) is 12.1 Å². The van der Waals surface area contributed by atoms with Gasteiger partial charge >= 0.3 is 11.9 Å². The molecular weight excluding hydrogens is 286 g/mol. The van der Waals surface area contributed by atoms with E-state index in [1.807, 2.05) is 0 Å². The molecule has 3 N–H and O–H groups in total. The van der Waals surface area contributed by atoms with Crippen LogP contribution in [0.1, 0.15) is 16.8 Å². The summed E-state index contributed by atoms with van der Waals surface area (Å²) >= 11 is 0. The first kappa shape index (κ1) is 15.6. The summed E-state index contributed by atoms with van der Waals surface area (Å²) in [5.74, 6) is -1.70. The third-order valence-corrected chi connectivity index (χ3v) is 2.52. The first-order chi connectivity index (χ1) is 9.09. The summed E-state index contributed by atoms with van der Waals surface area (Å²) in [7, 11) is 0. The van der Waals surface area contributed by atoms with Crippen LogP contribution >= 0.6 is 12.4 Å². The van der Waals surface area contributed by atoms with Crippen molar-refractivity contribution in [1.29, 1.82) is 0 Å². The summed E-state index contributed by atoms with van der Waals surface area (Å²) in [6.45, 7) is 0.162. The first-order valence-corrected chi connectivity index (χ1v) is 5.52. The zero-order valence-corrected chi connectivity index (χ0v) is 11.1. The van der Waals surface area contributed by atoms with Crippen LogP contribution in [0.5, 0.6) is 0 Å². The number of hydrogen-bond acceptors (Lipinski definition) is 5. The highest BCUT2D eigenvalue weighted by atomic mass is 35.5. The Morgan fingerprint density at radius 3 is 2.60 bits per heavy atom. The number of rotatable bonds is 5. The van der Waals surface area contributed by atoms with E-state index in [1.165, 1.54) is 12.4 Å². The highest BCUT2D eigenvalue weighted by Crippen LogP contribution is 2.23. The summed E-state index contributed by atoms with van der Waals surface area (Å²) in [6, 6.07) is 4.72. The van der Waals surface area contributed by atoms with Crippen LogP contribution in [0.15, 0.2) is 24.5 Å². The molecule has 0 atom stereocenters. The molecule has 8 heteroatoms. The van der Waals surface area contributed by atoms with Crippen LogP contribution in [0.4, 0.5) is 5.82 Å². The fourth-order valence-electron chi connectivity index (χ4n) is 1.71. The molecule has 106 valence electrons. The predicted octanol–water partition coefficient (Wildman–Crippen LogP) is 1.64. The highest BCUT2D eigenvalue weighted by Gasteiger charge is 2.13. The number of carboxylic acids is 2. The number of aromatic nitrogens is 2. The topological polar surface area (TPSA) is 112 Å². The molecule has 0 saturated carbocycles. The molecule has 2 rings (SSSR count). The second-order valence-electron chi connectivity index (χ2n) is 3.80. The molecule has 0 radical (unpaired) electrons. The molecule has 7 nitrogen and oxygen atoms in total. The number of carboxylic acid groups (broad SMARTS) is 2. The van der Waals surface area contributed by atoms with Crippen molar-refractivity contribution in [3.63, 3.8) is 0 Å². The summed E-state index contributed by atoms with van der Waals surface area (Å²) in [4.78, 5) is 29.6. The van der Waals surface area contributed by atoms with E-state index in [9.17, 15) is 9.59 Å². The Kier molecular flexibility index (Phi) is 5.22. The fraction of sp³-hybridized carbons (Fsp3) is 0.167. The van der Waals surface area contributed by atoms with Crippen LogP contribution in [0.2, 0.25) is 0 Å². The molecule has 0 fully saturated rings. The van der Waals surface area contributed by atoms with Gasteiger partial charge in [-0.2, -0.15) is 0 Å². The summed E-state index contributed by atoms with van der Waals surface area (Å²) in [6.07, 6.45) is 1.22. The van der Waals surface area contributed by atoms with Crippen molar-refractivity contribution in [2.45, 2.75) is 6.42 Å². The fourth-order valence-corrected chi connectivity index (χ4v) is 1.71. The molecule has 1 heterocycles. The smallest absolute Gasteiger partial charge is 0.336 e. The Hall–Kier alpha value is -2.41. The van der Waals surface area contributed by atoms with E-state index in [2.05, 4.69) is 15.3 Å². The third-order valence-electron chi connectivity index (χ3n) is 2.52. The molecule has 1 aromatic heterocycles. The van der Waals surface area contributed by atoms with Gasteiger partial charge in [-0.1, -0.05) is 6.07 Å². The zero-order valence-electron chi connectivity index (χ0n) is 10.2. The molecule has 0 amide bonds. The SMILES string of the molecule is Cl.O=C(O)CCNc1ncnc2cccc(C(=O)O)c12. The van der Waals surface area contributed by atoms with Gasteiger partial charge in [0, 0.05) is 6.54 Å². The molecule has 0 aliphatic heterocycles. The minimum atomic E-state index is -1.08. The van der Waals surface area contributed by atoms with Gasteiger partial charge in [0.05, 0.1) is 22.9 Å². The van der Waals surface area contributed by atoms with Gasteiger partial charge in [-0.15, -0.1) is 12.4 Å². The predicted molar refractivity (Wildman–Crippen MR) is 74.5 cm³/mol. The molecule has 0 bridgehead atoms. The number of halogens is 1. The quantitative estimate of drug-likeness (QED) is 0.769. The van der Waals surface area contributed by atoms with Gasteiger partial charge in [-0.3, -0.25) is 4.79 Å². The summed E-state index contributed by atoms with van der Waals surface area (Å²) < 4.78 is 0. The first-order valence-electron chi connectivity index (χ1n) is 5.52. The van der Waals surface area contributed by atoms with Gasteiger partial charge in [0.2, 0.25) is 0 Å². The lowest BCUT2D eigenvalue weighted by molar-refractivity contribution is -0.136. The van der Waals surface area contributed by atoms with E-state index in [1.54, 1.807) is 12.1 Å². The zero-order chi connectivity index (χ0) is 13.8. The van der Waals surface area contributed by atoms with E-state index in [-0.39, 0.29) is 30.9 Å². The van der Waals surface area contributed by atoms with Gasteiger partial charge < -0.3 is 15.5 Å². The average Bonchev–Trinajstić information content (AvgIpc) is 2.37. The Morgan fingerprint density at radius 1 is 1.20 bits per heavy atom. The van der Waals surface area contributed by atoms with Crippen LogP contribution in [0.3, 0.4) is 0 Å². The molecule has 1 aromatic carbocycles. The maximum atomic E-state index is 11.2. The Balaban J connectivity index is 0.00000200. The minimum absolute atomic E-state index is 0. The van der Waals surface area contributed by atoms with Crippen molar-refractivity contribution < 1.29 is 19.8 Å². The van der Waals surface area contributed by atoms with E-state index < -0.39 is 11.9 Å². The van der Waals surface area contributed by atoms with Crippen molar-refractivity contribution in [2.75, 3.05) is 11.9 Å². The molecule has 0 unspecified atom stereocenters. The van der Waals surface area contributed by atoms with Crippen molar-refractivity contribution >= 4 is 41.1 Å². The monoisotopic (exact) mass is 297 g/mol. The number of benzene rings is 1. The number of fused-ring (bicyclic) bond motifs is 1. The van der Waals surface area contributed by atoms with Crippen LogP contribution in [-0.2, 0) is 4.79 Å². The largest absolute Gasteiger partial charge is 0.481 e. The number of anilines is 1. The lowest BCUT2D eigenvalue weighted by atomic mass is 10.1. The second kappa shape index (κ2) is 6.67. The van der Waals surface area contributed by atoms with Crippen molar-refractivity contribution in [2.24, 2.45) is 0 Å².